The molecule has 0 amide bonds. The van der Waals surface area contributed by atoms with E-state index < -0.39 is 0 Å². The van der Waals surface area contributed by atoms with Gasteiger partial charge in [0.15, 0.2) is 11.5 Å². The van der Waals surface area contributed by atoms with Crippen LogP contribution in [-0.4, -0.2) is 20.8 Å². The molecule has 0 saturated heterocycles. The van der Waals surface area contributed by atoms with Crippen molar-refractivity contribution < 1.29 is 9.47 Å². The fraction of sp³-hybridized carbons (Fsp3) is 0.278. The summed E-state index contributed by atoms with van der Waals surface area (Å²) in [6.07, 6.45) is 0.961. The maximum Gasteiger partial charge on any atom is 0.161 e. The highest BCUT2D eigenvalue weighted by molar-refractivity contribution is 5.51. The van der Waals surface area contributed by atoms with E-state index in [9.17, 15) is 0 Å². The van der Waals surface area contributed by atoms with Crippen molar-refractivity contribution in [3.05, 3.63) is 58.7 Å². The first-order valence-electron chi connectivity index (χ1n) is 7.25. The molecule has 22 heavy (non-hydrogen) atoms. The summed E-state index contributed by atoms with van der Waals surface area (Å²) in [5.74, 6) is 1.50. The molecular weight excluding hydrogens is 276 g/mol. The summed E-state index contributed by atoms with van der Waals surface area (Å²) in [6, 6.07) is 14.1. The SMILES string of the molecule is COc1cc2c(cc1OC)[C@@H](c1ccc(C#N)cc1)NCC2. The van der Waals surface area contributed by atoms with Gasteiger partial charge in [0.1, 0.15) is 0 Å². The molecule has 3 rings (SSSR count). The molecule has 2 aromatic carbocycles. The van der Waals surface area contributed by atoms with Crippen LogP contribution in [-0.2, 0) is 6.42 Å². The highest BCUT2D eigenvalue weighted by Crippen LogP contribution is 2.37. The Kier molecular flexibility index (Phi) is 3.99. The largest absolute Gasteiger partial charge is 0.493 e. The summed E-state index contributed by atoms with van der Waals surface area (Å²) in [4.78, 5) is 0. The first kappa shape index (κ1) is 14.4. The van der Waals surface area contributed by atoms with Crippen LogP contribution in [0, 0.1) is 11.3 Å². The number of fused-ring (bicyclic) bond motifs is 1. The minimum Gasteiger partial charge on any atom is -0.493 e. The minimum atomic E-state index is 0.108. The van der Waals surface area contributed by atoms with Gasteiger partial charge in [-0.15, -0.1) is 0 Å². The Hall–Kier alpha value is -2.51. The van der Waals surface area contributed by atoms with Crippen LogP contribution in [0.4, 0.5) is 0 Å². The molecular formula is C18H18N2O2. The Labute approximate surface area is 130 Å². The topological polar surface area (TPSA) is 54.3 Å². The summed E-state index contributed by atoms with van der Waals surface area (Å²) in [6.45, 7) is 0.910. The van der Waals surface area contributed by atoms with E-state index in [1.807, 2.05) is 30.3 Å². The molecule has 112 valence electrons. The van der Waals surface area contributed by atoms with Crippen LogP contribution in [0.25, 0.3) is 0 Å². The van der Waals surface area contributed by atoms with Crippen LogP contribution in [0.1, 0.15) is 28.3 Å². The van der Waals surface area contributed by atoms with Crippen molar-refractivity contribution in [2.45, 2.75) is 12.5 Å². The van der Waals surface area contributed by atoms with Gasteiger partial charge in [-0.05, 0) is 47.4 Å². The third-order valence-electron chi connectivity index (χ3n) is 4.07. The fourth-order valence-corrected chi connectivity index (χ4v) is 2.93. The summed E-state index contributed by atoms with van der Waals surface area (Å²) in [5, 5.41) is 12.5. The minimum absolute atomic E-state index is 0.108. The van der Waals surface area contributed by atoms with Crippen LogP contribution in [0.5, 0.6) is 11.5 Å². The van der Waals surface area contributed by atoms with Gasteiger partial charge in [-0.2, -0.15) is 5.26 Å². The first-order chi connectivity index (χ1) is 10.8. The molecule has 0 radical (unpaired) electrons. The molecule has 1 atom stereocenters. The van der Waals surface area contributed by atoms with Crippen molar-refractivity contribution >= 4 is 0 Å². The van der Waals surface area contributed by atoms with E-state index in [0.29, 0.717) is 5.56 Å². The molecule has 4 nitrogen and oxygen atoms in total. The normalized spacial score (nSPS) is 16.5. The second-order valence-electron chi connectivity index (χ2n) is 5.28. The van der Waals surface area contributed by atoms with Gasteiger partial charge in [0, 0.05) is 6.54 Å². The number of nitriles is 1. The Morgan fingerprint density at radius 2 is 1.77 bits per heavy atom. The molecule has 0 aliphatic carbocycles. The number of nitrogens with one attached hydrogen (secondary N) is 1. The molecule has 1 N–H and O–H groups in total. The summed E-state index contributed by atoms with van der Waals surface area (Å²) in [7, 11) is 3.31. The zero-order valence-electron chi connectivity index (χ0n) is 12.7. The van der Waals surface area contributed by atoms with Gasteiger partial charge in [-0.1, -0.05) is 12.1 Å². The Bertz CT molecular complexity index is 717. The average molecular weight is 294 g/mol. The van der Waals surface area contributed by atoms with Crippen molar-refractivity contribution in [3.8, 4) is 17.6 Å². The van der Waals surface area contributed by atoms with Crippen LogP contribution in [0.3, 0.4) is 0 Å². The van der Waals surface area contributed by atoms with Crippen molar-refractivity contribution in [3.63, 3.8) is 0 Å². The second kappa shape index (κ2) is 6.08. The van der Waals surface area contributed by atoms with Crippen molar-refractivity contribution in [1.82, 2.24) is 5.32 Å². The number of hydrogen-bond donors (Lipinski definition) is 1. The predicted molar refractivity (Wildman–Crippen MR) is 84.3 cm³/mol. The van der Waals surface area contributed by atoms with E-state index in [1.54, 1.807) is 14.2 Å². The molecule has 0 aromatic heterocycles. The summed E-state index contributed by atoms with van der Waals surface area (Å²) in [5.41, 5.74) is 4.29. The van der Waals surface area contributed by atoms with Gasteiger partial charge in [0.2, 0.25) is 0 Å². The molecule has 0 bridgehead atoms. The molecule has 4 heteroatoms. The lowest BCUT2D eigenvalue weighted by molar-refractivity contribution is 0.353. The third kappa shape index (κ3) is 2.51. The van der Waals surface area contributed by atoms with E-state index in [1.165, 1.54) is 11.1 Å². The molecule has 1 aliphatic rings. The molecule has 0 saturated carbocycles. The van der Waals surface area contributed by atoms with Gasteiger partial charge < -0.3 is 14.8 Å². The van der Waals surface area contributed by atoms with Crippen LogP contribution < -0.4 is 14.8 Å². The molecule has 0 unspecified atom stereocenters. The van der Waals surface area contributed by atoms with E-state index >= 15 is 0 Å². The number of ether oxygens (including phenoxy) is 2. The lowest BCUT2D eigenvalue weighted by Gasteiger charge is -2.28. The van der Waals surface area contributed by atoms with E-state index in [-0.39, 0.29) is 6.04 Å². The van der Waals surface area contributed by atoms with Gasteiger partial charge in [0.05, 0.1) is 31.9 Å². The zero-order valence-corrected chi connectivity index (χ0v) is 12.7. The van der Waals surface area contributed by atoms with Crippen molar-refractivity contribution in [1.29, 1.82) is 5.26 Å². The Balaban J connectivity index is 2.04. The smallest absolute Gasteiger partial charge is 0.161 e. The molecule has 1 heterocycles. The lowest BCUT2D eigenvalue weighted by Crippen LogP contribution is -2.30. The molecule has 2 aromatic rings. The Morgan fingerprint density at radius 1 is 1.09 bits per heavy atom. The quantitative estimate of drug-likeness (QED) is 0.945. The van der Waals surface area contributed by atoms with Gasteiger partial charge >= 0.3 is 0 Å². The zero-order chi connectivity index (χ0) is 15.5. The van der Waals surface area contributed by atoms with Crippen LogP contribution in [0.15, 0.2) is 36.4 Å². The number of methoxy groups -OCH3 is 2. The highest BCUT2D eigenvalue weighted by Gasteiger charge is 2.23. The molecule has 0 spiro atoms. The van der Waals surface area contributed by atoms with Gasteiger partial charge in [-0.3, -0.25) is 0 Å². The molecule has 0 fully saturated rings. The van der Waals surface area contributed by atoms with Crippen molar-refractivity contribution in [2.75, 3.05) is 20.8 Å². The lowest BCUT2D eigenvalue weighted by atomic mass is 9.89. The monoisotopic (exact) mass is 294 g/mol. The second-order valence-corrected chi connectivity index (χ2v) is 5.28. The van der Waals surface area contributed by atoms with Gasteiger partial charge in [0.25, 0.3) is 0 Å². The summed E-state index contributed by atoms with van der Waals surface area (Å²) >= 11 is 0. The van der Waals surface area contributed by atoms with E-state index in [4.69, 9.17) is 14.7 Å². The maximum atomic E-state index is 8.93. The van der Waals surface area contributed by atoms with Crippen LogP contribution >= 0.6 is 0 Å². The maximum absolute atomic E-state index is 8.93. The van der Waals surface area contributed by atoms with Crippen molar-refractivity contribution in [2.24, 2.45) is 0 Å². The number of hydrogen-bond acceptors (Lipinski definition) is 4. The fourth-order valence-electron chi connectivity index (χ4n) is 2.93. The standard InChI is InChI=1S/C18H18N2O2/c1-21-16-9-14-7-8-20-18(15(14)10-17(16)22-2)13-5-3-12(11-19)4-6-13/h3-6,9-10,18,20H,7-8H2,1-2H3/t18-/m1/s1. The average Bonchev–Trinajstić information content (AvgIpc) is 2.60. The van der Waals surface area contributed by atoms with Gasteiger partial charge in [-0.25, -0.2) is 0 Å². The Morgan fingerprint density at radius 3 is 2.41 bits per heavy atom. The van der Waals surface area contributed by atoms with Crippen LogP contribution in [0.2, 0.25) is 0 Å². The third-order valence-corrected chi connectivity index (χ3v) is 4.07. The predicted octanol–water partition coefficient (Wildman–Crippen LogP) is 2.81. The number of nitrogens with zero attached hydrogens (tertiary/aromatic N) is 1. The van der Waals surface area contributed by atoms with E-state index in [0.717, 1.165) is 30.0 Å². The number of benzene rings is 2. The molecule has 1 aliphatic heterocycles. The first-order valence-corrected chi connectivity index (χ1v) is 7.25. The summed E-state index contributed by atoms with van der Waals surface area (Å²) < 4.78 is 10.8. The van der Waals surface area contributed by atoms with E-state index in [2.05, 4.69) is 17.5 Å². The number of rotatable bonds is 3. The highest BCUT2D eigenvalue weighted by atomic mass is 16.5.